The third-order valence-electron chi connectivity index (χ3n) is 3.14. The number of rotatable bonds is 3. The molecule has 0 aliphatic heterocycles. The summed E-state index contributed by atoms with van der Waals surface area (Å²) in [7, 11) is 0. The van der Waals surface area contributed by atoms with Crippen LogP contribution in [0.3, 0.4) is 0 Å². The number of hydrogen-bond donors (Lipinski definition) is 1. The molecule has 1 aromatic carbocycles. The van der Waals surface area contributed by atoms with Gasteiger partial charge in [0.1, 0.15) is 18.2 Å². The number of halogens is 1. The van der Waals surface area contributed by atoms with E-state index in [1.165, 1.54) is 41.9 Å². The molecule has 0 aliphatic carbocycles. The number of anilines is 1. The molecule has 0 bridgehead atoms. The SMILES string of the molecule is Cc1c(C(C)OC(=O)Nc2ccc(F)cc2)sc2ncnn12. The van der Waals surface area contributed by atoms with Crippen LogP contribution in [0.1, 0.15) is 23.6 Å². The minimum Gasteiger partial charge on any atom is -0.440 e. The Hall–Kier alpha value is -2.48. The topological polar surface area (TPSA) is 68.5 Å². The zero-order valence-corrected chi connectivity index (χ0v) is 12.7. The fourth-order valence-electron chi connectivity index (χ4n) is 2.08. The lowest BCUT2D eigenvalue weighted by Gasteiger charge is -2.13. The predicted molar refractivity (Wildman–Crippen MR) is 80.5 cm³/mol. The van der Waals surface area contributed by atoms with E-state index in [1.54, 1.807) is 11.4 Å². The number of aryl methyl sites for hydroxylation is 1. The molecular weight excluding hydrogens is 307 g/mol. The molecule has 2 heterocycles. The molecule has 2 aromatic heterocycles. The first kappa shape index (κ1) is 14.5. The van der Waals surface area contributed by atoms with Crippen LogP contribution in [0.4, 0.5) is 14.9 Å². The van der Waals surface area contributed by atoms with Gasteiger partial charge in [0.2, 0.25) is 4.96 Å². The quantitative estimate of drug-likeness (QED) is 0.801. The molecule has 3 rings (SSSR count). The van der Waals surface area contributed by atoms with Gasteiger partial charge in [0.25, 0.3) is 0 Å². The highest BCUT2D eigenvalue weighted by Gasteiger charge is 2.19. The van der Waals surface area contributed by atoms with Gasteiger partial charge in [-0.15, -0.1) is 0 Å². The average molecular weight is 320 g/mol. The van der Waals surface area contributed by atoms with Crippen LogP contribution in [0.15, 0.2) is 30.6 Å². The van der Waals surface area contributed by atoms with E-state index < -0.39 is 12.2 Å². The molecule has 22 heavy (non-hydrogen) atoms. The molecule has 0 saturated heterocycles. The Kier molecular flexibility index (Phi) is 3.76. The molecule has 114 valence electrons. The maximum atomic E-state index is 12.8. The van der Waals surface area contributed by atoms with Gasteiger partial charge in [-0.05, 0) is 38.1 Å². The minimum absolute atomic E-state index is 0.364. The Bertz CT molecular complexity index is 812. The highest BCUT2D eigenvalue weighted by Crippen LogP contribution is 2.29. The lowest BCUT2D eigenvalue weighted by Crippen LogP contribution is -2.16. The van der Waals surface area contributed by atoms with E-state index in [2.05, 4.69) is 15.4 Å². The molecule has 1 N–H and O–H groups in total. The van der Waals surface area contributed by atoms with E-state index in [1.807, 2.05) is 6.92 Å². The maximum absolute atomic E-state index is 12.8. The van der Waals surface area contributed by atoms with Crippen LogP contribution in [-0.4, -0.2) is 20.7 Å². The lowest BCUT2D eigenvalue weighted by atomic mass is 10.3. The molecule has 8 heteroatoms. The van der Waals surface area contributed by atoms with E-state index in [4.69, 9.17) is 4.74 Å². The molecule has 0 radical (unpaired) electrons. The van der Waals surface area contributed by atoms with Crippen molar-refractivity contribution in [3.05, 3.63) is 47.0 Å². The molecule has 3 aromatic rings. The third-order valence-corrected chi connectivity index (χ3v) is 4.44. The predicted octanol–water partition coefficient (Wildman–Crippen LogP) is 3.55. The molecule has 6 nitrogen and oxygen atoms in total. The number of nitrogens with zero attached hydrogens (tertiary/aromatic N) is 3. The van der Waals surface area contributed by atoms with Gasteiger partial charge in [-0.25, -0.2) is 18.7 Å². The summed E-state index contributed by atoms with van der Waals surface area (Å²) in [5.74, 6) is -0.364. The zero-order chi connectivity index (χ0) is 15.7. The minimum atomic E-state index is -0.600. The van der Waals surface area contributed by atoms with Gasteiger partial charge in [0.05, 0.1) is 10.6 Å². The van der Waals surface area contributed by atoms with Gasteiger partial charge in [-0.3, -0.25) is 5.32 Å². The molecule has 1 amide bonds. The summed E-state index contributed by atoms with van der Waals surface area (Å²) >= 11 is 1.42. The fourth-order valence-corrected chi connectivity index (χ4v) is 3.09. The first-order valence-corrected chi connectivity index (χ1v) is 7.38. The van der Waals surface area contributed by atoms with Crippen LogP contribution in [0.2, 0.25) is 0 Å². The van der Waals surface area contributed by atoms with Crippen LogP contribution >= 0.6 is 11.3 Å². The van der Waals surface area contributed by atoms with Crippen molar-refractivity contribution in [2.45, 2.75) is 20.0 Å². The Labute approximate surface area is 129 Å². The molecule has 0 aliphatic rings. The second kappa shape index (κ2) is 5.72. The van der Waals surface area contributed by atoms with E-state index in [9.17, 15) is 9.18 Å². The fraction of sp³-hybridized carbons (Fsp3) is 0.214. The molecule has 1 atom stereocenters. The van der Waals surface area contributed by atoms with Crippen LogP contribution in [0.5, 0.6) is 0 Å². The summed E-state index contributed by atoms with van der Waals surface area (Å²) in [6.07, 6.45) is 0.446. The van der Waals surface area contributed by atoms with Crippen LogP contribution in [0, 0.1) is 12.7 Å². The van der Waals surface area contributed by atoms with Crippen molar-refractivity contribution in [3.63, 3.8) is 0 Å². The summed E-state index contributed by atoms with van der Waals surface area (Å²) in [5.41, 5.74) is 1.36. The summed E-state index contributed by atoms with van der Waals surface area (Å²) in [6.45, 7) is 3.67. The van der Waals surface area contributed by atoms with E-state index in [0.717, 1.165) is 15.5 Å². The van der Waals surface area contributed by atoms with Crippen molar-refractivity contribution in [3.8, 4) is 0 Å². The molecule has 0 fully saturated rings. The number of nitrogens with one attached hydrogen (secondary N) is 1. The average Bonchev–Trinajstić information content (AvgIpc) is 3.05. The van der Waals surface area contributed by atoms with Crippen molar-refractivity contribution in [1.29, 1.82) is 0 Å². The summed E-state index contributed by atoms with van der Waals surface area (Å²) in [6, 6.07) is 5.47. The van der Waals surface area contributed by atoms with Gasteiger partial charge in [-0.2, -0.15) is 5.10 Å². The number of fused-ring (bicyclic) bond motifs is 1. The Morgan fingerprint density at radius 1 is 1.41 bits per heavy atom. The molecule has 0 spiro atoms. The monoisotopic (exact) mass is 320 g/mol. The van der Waals surface area contributed by atoms with Gasteiger partial charge in [-0.1, -0.05) is 11.3 Å². The van der Waals surface area contributed by atoms with E-state index in [-0.39, 0.29) is 5.82 Å². The maximum Gasteiger partial charge on any atom is 0.412 e. The number of carbonyl (C=O) groups is 1. The Morgan fingerprint density at radius 2 is 2.14 bits per heavy atom. The van der Waals surface area contributed by atoms with Crippen molar-refractivity contribution in [2.24, 2.45) is 0 Å². The summed E-state index contributed by atoms with van der Waals surface area (Å²) in [5, 5.41) is 6.66. The summed E-state index contributed by atoms with van der Waals surface area (Å²) < 4.78 is 19.9. The van der Waals surface area contributed by atoms with Gasteiger partial charge in [0.15, 0.2) is 0 Å². The zero-order valence-electron chi connectivity index (χ0n) is 11.9. The highest BCUT2D eigenvalue weighted by molar-refractivity contribution is 7.17. The molecular formula is C14H13FN4O2S. The van der Waals surface area contributed by atoms with E-state index in [0.29, 0.717) is 5.69 Å². The van der Waals surface area contributed by atoms with Crippen molar-refractivity contribution in [2.75, 3.05) is 5.32 Å². The number of hydrogen-bond acceptors (Lipinski definition) is 5. The van der Waals surface area contributed by atoms with Crippen molar-refractivity contribution < 1.29 is 13.9 Å². The van der Waals surface area contributed by atoms with Gasteiger partial charge < -0.3 is 4.74 Å². The lowest BCUT2D eigenvalue weighted by molar-refractivity contribution is 0.122. The normalized spacial score (nSPS) is 12.3. The third kappa shape index (κ3) is 2.77. The Balaban J connectivity index is 1.69. The molecule has 1 unspecified atom stereocenters. The smallest absolute Gasteiger partial charge is 0.412 e. The molecule has 0 saturated carbocycles. The van der Waals surface area contributed by atoms with E-state index >= 15 is 0 Å². The number of benzene rings is 1. The highest BCUT2D eigenvalue weighted by atomic mass is 32.1. The largest absolute Gasteiger partial charge is 0.440 e. The number of aromatic nitrogens is 3. The number of amides is 1. The number of carbonyl (C=O) groups excluding carboxylic acids is 1. The Morgan fingerprint density at radius 3 is 2.82 bits per heavy atom. The first-order chi connectivity index (χ1) is 10.5. The second-order valence-electron chi connectivity index (χ2n) is 4.69. The van der Waals surface area contributed by atoms with Crippen molar-refractivity contribution in [1.82, 2.24) is 14.6 Å². The first-order valence-electron chi connectivity index (χ1n) is 6.57. The van der Waals surface area contributed by atoms with Crippen LogP contribution in [0.25, 0.3) is 4.96 Å². The van der Waals surface area contributed by atoms with Gasteiger partial charge >= 0.3 is 6.09 Å². The number of thiazole rings is 1. The van der Waals surface area contributed by atoms with Crippen LogP contribution in [-0.2, 0) is 4.74 Å². The van der Waals surface area contributed by atoms with Crippen LogP contribution < -0.4 is 5.32 Å². The number of ether oxygens (including phenoxy) is 1. The van der Waals surface area contributed by atoms with Crippen molar-refractivity contribution >= 4 is 28.1 Å². The van der Waals surface area contributed by atoms with Gasteiger partial charge in [0, 0.05) is 5.69 Å². The summed E-state index contributed by atoms with van der Waals surface area (Å²) in [4.78, 5) is 17.6. The second-order valence-corrected chi connectivity index (χ2v) is 5.69. The standard InChI is InChI=1S/C14H13FN4O2S/c1-8-12(22-13-16-7-17-19(8)13)9(2)21-14(20)18-11-5-3-10(15)4-6-11/h3-7,9H,1-2H3,(H,18,20).